The van der Waals surface area contributed by atoms with Crippen LogP contribution in [0.3, 0.4) is 0 Å². The topological polar surface area (TPSA) is 24.1 Å². The van der Waals surface area contributed by atoms with Crippen LogP contribution in [0.5, 0.6) is 0 Å². The maximum Gasteiger partial charge on any atom is 0.341 e. The lowest BCUT2D eigenvalue weighted by molar-refractivity contribution is 0.479. The third-order valence-electron chi connectivity index (χ3n) is 2.29. The highest BCUT2D eigenvalue weighted by atomic mass is 15.0. The lowest BCUT2D eigenvalue weighted by atomic mass is 9.65. The van der Waals surface area contributed by atoms with Crippen molar-refractivity contribution >= 4 is 12.4 Å². The van der Waals surface area contributed by atoms with Gasteiger partial charge in [-0.3, -0.25) is 0 Å². The first kappa shape index (κ1) is 14.3. The monoisotopic (exact) mass is 232 g/mol. The van der Waals surface area contributed by atoms with Crippen molar-refractivity contribution in [2.24, 2.45) is 0 Å². The van der Waals surface area contributed by atoms with Gasteiger partial charge in [0.1, 0.15) is 0 Å². The first-order valence-electron chi connectivity index (χ1n) is 6.28. The molecule has 0 bridgehead atoms. The molecule has 0 fully saturated rings. The van der Waals surface area contributed by atoms with Crippen molar-refractivity contribution < 1.29 is 0 Å². The van der Waals surface area contributed by atoms with Crippen molar-refractivity contribution in [2.45, 2.75) is 52.6 Å². The van der Waals surface area contributed by atoms with Crippen molar-refractivity contribution in [3.05, 3.63) is 30.3 Å². The molecule has 0 spiro atoms. The van der Waals surface area contributed by atoms with Gasteiger partial charge in [0.2, 0.25) is 0 Å². The van der Waals surface area contributed by atoms with Crippen LogP contribution in [-0.2, 0) is 0 Å². The Morgan fingerprint density at radius 1 is 0.765 bits per heavy atom. The summed E-state index contributed by atoms with van der Waals surface area (Å²) in [6.45, 7) is 13.3. The SMILES string of the molecule is CC(C)(C)NB(NC(C)(C)C)c1ccccc1. The summed E-state index contributed by atoms with van der Waals surface area (Å²) < 4.78 is 0. The zero-order valence-corrected chi connectivity index (χ0v) is 12.0. The molecule has 3 heteroatoms. The van der Waals surface area contributed by atoms with Gasteiger partial charge in [-0.2, -0.15) is 0 Å². The first-order chi connectivity index (χ1) is 7.67. The molecule has 0 heterocycles. The Hall–Kier alpha value is -0.795. The second kappa shape index (κ2) is 5.24. The molecule has 94 valence electrons. The smallest absolute Gasteiger partial charge is 0.333 e. The van der Waals surface area contributed by atoms with Crippen LogP contribution in [0.2, 0.25) is 0 Å². The Kier molecular flexibility index (Phi) is 4.39. The van der Waals surface area contributed by atoms with E-state index >= 15 is 0 Å². The Labute approximate surface area is 106 Å². The molecule has 1 aromatic rings. The van der Waals surface area contributed by atoms with E-state index in [9.17, 15) is 0 Å². The van der Waals surface area contributed by atoms with Gasteiger partial charge in [-0.25, -0.2) is 0 Å². The van der Waals surface area contributed by atoms with Crippen LogP contribution < -0.4 is 15.9 Å². The third-order valence-corrected chi connectivity index (χ3v) is 2.29. The summed E-state index contributed by atoms with van der Waals surface area (Å²) in [7, 11) is 0. The molecule has 0 aliphatic heterocycles. The van der Waals surface area contributed by atoms with Crippen LogP contribution in [0, 0.1) is 0 Å². The Morgan fingerprint density at radius 3 is 1.53 bits per heavy atom. The number of nitrogens with one attached hydrogen (secondary N) is 2. The molecular formula is C14H25BN2. The maximum atomic E-state index is 3.62. The number of hydrogen-bond donors (Lipinski definition) is 2. The predicted octanol–water partition coefficient (Wildman–Crippen LogP) is 2.16. The van der Waals surface area contributed by atoms with E-state index in [-0.39, 0.29) is 18.1 Å². The van der Waals surface area contributed by atoms with Crippen LogP contribution >= 0.6 is 0 Å². The molecule has 0 aliphatic carbocycles. The van der Waals surface area contributed by atoms with Gasteiger partial charge in [0.15, 0.2) is 0 Å². The normalized spacial score (nSPS) is 12.6. The minimum atomic E-state index is 0.0821. The van der Waals surface area contributed by atoms with E-state index in [1.807, 2.05) is 0 Å². The van der Waals surface area contributed by atoms with Crippen molar-refractivity contribution in [1.29, 1.82) is 0 Å². The Bertz CT molecular complexity index is 319. The second-order valence-corrected chi connectivity index (χ2v) is 6.63. The highest BCUT2D eigenvalue weighted by molar-refractivity contribution is 6.68. The molecule has 0 aromatic heterocycles. The second-order valence-electron chi connectivity index (χ2n) is 6.63. The lowest BCUT2D eigenvalue weighted by Crippen LogP contribution is -2.65. The molecule has 17 heavy (non-hydrogen) atoms. The number of rotatable bonds is 3. The molecule has 1 aromatic carbocycles. The molecule has 2 N–H and O–H groups in total. The van der Waals surface area contributed by atoms with Crippen LogP contribution in [0.4, 0.5) is 0 Å². The van der Waals surface area contributed by atoms with Crippen LogP contribution in [0.25, 0.3) is 0 Å². The fourth-order valence-corrected chi connectivity index (χ4v) is 1.71. The Balaban J connectivity index is 2.87. The average Bonchev–Trinajstić information content (AvgIpc) is 2.14. The molecular weight excluding hydrogens is 207 g/mol. The van der Waals surface area contributed by atoms with E-state index in [0.717, 1.165) is 0 Å². The summed E-state index contributed by atoms with van der Waals surface area (Å²) in [5.41, 5.74) is 1.44. The maximum absolute atomic E-state index is 3.62. The average molecular weight is 232 g/mol. The molecule has 0 saturated heterocycles. The van der Waals surface area contributed by atoms with Crippen molar-refractivity contribution in [1.82, 2.24) is 10.5 Å². The van der Waals surface area contributed by atoms with E-state index in [1.54, 1.807) is 0 Å². The number of benzene rings is 1. The third kappa shape index (κ3) is 5.90. The van der Waals surface area contributed by atoms with E-state index in [0.29, 0.717) is 0 Å². The molecule has 1 rings (SSSR count). The lowest BCUT2D eigenvalue weighted by Gasteiger charge is -2.32. The van der Waals surface area contributed by atoms with Crippen molar-refractivity contribution in [3.63, 3.8) is 0 Å². The van der Waals surface area contributed by atoms with Gasteiger partial charge < -0.3 is 10.5 Å². The summed E-state index contributed by atoms with van der Waals surface area (Å²) >= 11 is 0. The molecule has 2 nitrogen and oxygen atoms in total. The standard InChI is InChI=1S/C14H25BN2/c1-13(2,3)16-15(17-14(4,5)6)12-10-8-7-9-11-12/h7-11,16-17H,1-6H3. The highest BCUT2D eigenvalue weighted by Gasteiger charge is 2.27. The van der Waals surface area contributed by atoms with E-state index < -0.39 is 0 Å². The molecule has 0 unspecified atom stereocenters. The first-order valence-corrected chi connectivity index (χ1v) is 6.28. The van der Waals surface area contributed by atoms with Gasteiger partial charge in [0, 0.05) is 11.1 Å². The minimum Gasteiger partial charge on any atom is -0.333 e. The van der Waals surface area contributed by atoms with Gasteiger partial charge >= 0.3 is 6.98 Å². The van der Waals surface area contributed by atoms with E-state index in [4.69, 9.17) is 0 Å². The fraction of sp³-hybridized carbons (Fsp3) is 0.571. The molecule has 0 saturated carbocycles. The predicted molar refractivity (Wildman–Crippen MR) is 77.6 cm³/mol. The van der Waals surface area contributed by atoms with E-state index in [1.165, 1.54) is 5.46 Å². The number of hydrogen-bond acceptors (Lipinski definition) is 2. The Morgan fingerprint density at radius 2 is 1.18 bits per heavy atom. The quantitative estimate of drug-likeness (QED) is 0.780. The van der Waals surface area contributed by atoms with E-state index in [2.05, 4.69) is 82.3 Å². The molecule has 0 radical (unpaired) electrons. The minimum absolute atomic E-state index is 0.0821. The molecule has 0 atom stereocenters. The summed E-state index contributed by atoms with van der Waals surface area (Å²) in [6, 6.07) is 10.5. The van der Waals surface area contributed by atoms with Crippen molar-refractivity contribution in [3.8, 4) is 0 Å². The zero-order valence-electron chi connectivity index (χ0n) is 12.0. The molecule has 0 aliphatic rings. The van der Waals surface area contributed by atoms with Crippen LogP contribution in [0.1, 0.15) is 41.5 Å². The highest BCUT2D eigenvalue weighted by Crippen LogP contribution is 2.03. The van der Waals surface area contributed by atoms with Crippen LogP contribution in [0.15, 0.2) is 30.3 Å². The largest absolute Gasteiger partial charge is 0.341 e. The van der Waals surface area contributed by atoms with Crippen molar-refractivity contribution in [2.75, 3.05) is 0 Å². The van der Waals surface area contributed by atoms with Gasteiger partial charge in [0.25, 0.3) is 0 Å². The van der Waals surface area contributed by atoms with Gasteiger partial charge in [-0.05, 0) is 47.0 Å². The molecule has 0 amide bonds. The fourth-order valence-electron chi connectivity index (χ4n) is 1.71. The van der Waals surface area contributed by atoms with Gasteiger partial charge in [0.05, 0.1) is 0 Å². The summed E-state index contributed by atoms with van der Waals surface area (Å²) in [5.74, 6) is 0. The van der Waals surface area contributed by atoms with Gasteiger partial charge in [-0.1, -0.05) is 30.3 Å². The summed E-state index contributed by atoms with van der Waals surface area (Å²) in [6.07, 6.45) is 0. The summed E-state index contributed by atoms with van der Waals surface area (Å²) in [5, 5.41) is 7.24. The van der Waals surface area contributed by atoms with Crippen LogP contribution in [-0.4, -0.2) is 18.1 Å². The summed E-state index contributed by atoms with van der Waals surface area (Å²) in [4.78, 5) is 0. The zero-order chi connectivity index (χ0) is 13.1. The van der Waals surface area contributed by atoms with Gasteiger partial charge in [-0.15, -0.1) is 0 Å².